The van der Waals surface area contributed by atoms with Crippen LogP contribution < -0.4 is 5.32 Å². The van der Waals surface area contributed by atoms with Gasteiger partial charge in [-0.15, -0.1) is 18.2 Å². The van der Waals surface area contributed by atoms with Crippen LogP contribution in [-0.2, 0) is 0 Å². The standard InChI is InChI=1S/C25H40N2S/c1-8-13-14-15-16-17-20-26-23(11-4)27-25(28-12-5)24(21(6)18-9-2)22(7)19-10-3/h4,9,18-19H,2,8,10,12-17,20H2,1,3,5-7H3,(H,26,27)/b21-18+,22-19+,25-24+. The molecule has 2 nitrogen and oxygen atoms in total. The first kappa shape index (κ1) is 26.3. The van der Waals surface area contributed by atoms with Gasteiger partial charge in [-0.3, -0.25) is 4.99 Å². The van der Waals surface area contributed by atoms with E-state index in [-0.39, 0.29) is 0 Å². The minimum atomic E-state index is 0.623. The highest BCUT2D eigenvalue weighted by atomic mass is 32.2. The number of rotatable bonds is 14. The Morgan fingerprint density at radius 1 is 1.07 bits per heavy atom. The first-order valence-electron chi connectivity index (χ1n) is 10.7. The van der Waals surface area contributed by atoms with E-state index in [2.05, 4.69) is 63.5 Å². The molecule has 0 unspecified atom stereocenters. The number of terminal acetylenes is 1. The third-order valence-corrected chi connectivity index (χ3v) is 5.22. The molecule has 156 valence electrons. The highest BCUT2D eigenvalue weighted by Gasteiger charge is 2.12. The highest BCUT2D eigenvalue weighted by Crippen LogP contribution is 2.28. The van der Waals surface area contributed by atoms with Crippen LogP contribution in [0.1, 0.15) is 79.6 Å². The van der Waals surface area contributed by atoms with E-state index in [1.54, 1.807) is 11.8 Å². The summed E-state index contributed by atoms with van der Waals surface area (Å²) in [6, 6.07) is 0. The van der Waals surface area contributed by atoms with Crippen molar-refractivity contribution in [1.82, 2.24) is 5.32 Å². The normalized spacial score (nSPS) is 13.8. The van der Waals surface area contributed by atoms with Crippen molar-refractivity contribution in [3.05, 3.63) is 46.6 Å². The number of aliphatic imine (C=N–C) groups is 1. The van der Waals surface area contributed by atoms with Crippen molar-refractivity contribution in [2.24, 2.45) is 4.99 Å². The van der Waals surface area contributed by atoms with Gasteiger partial charge in [-0.25, -0.2) is 0 Å². The monoisotopic (exact) mass is 400 g/mol. The van der Waals surface area contributed by atoms with Crippen molar-refractivity contribution >= 4 is 17.6 Å². The molecular formula is C25H40N2S. The van der Waals surface area contributed by atoms with Crippen LogP contribution >= 0.6 is 11.8 Å². The van der Waals surface area contributed by atoms with Crippen LogP contribution in [0.5, 0.6) is 0 Å². The first-order chi connectivity index (χ1) is 13.5. The molecule has 3 heteroatoms. The van der Waals surface area contributed by atoms with E-state index in [1.807, 2.05) is 12.2 Å². The summed E-state index contributed by atoms with van der Waals surface area (Å²) >= 11 is 1.77. The van der Waals surface area contributed by atoms with E-state index in [4.69, 9.17) is 6.42 Å². The lowest BCUT2D eigenvalue weighted by Crippen LogP contribution is -2.22. The maximum absolute atomic E-state index is 5.75. The third-order valence-electron chi connectivity index (χ3n) is 4.33. The largest absolute Gasteiger partial charge is 0.327 e. The van der Waals surface area contributed by atoms with Crippen molar-refractivity contribution in [1.29, 1.82) is 0 Å². The Bertz CT molecular complexity index is 615. The fourth-order valence-electron chi connectivity index (χ4n) is 2.96. The molecule has 0 rings (SSSR count). The van der Waals surface area contributed by atoms with Crippen molar-refractivity contribution in [2.75, 3.05) is 12.3 Å². The molecular weight excluding hydrogens is 360 g/mol. The number of hydrogen-bond donors (Lipinski definition) is 1. The average Bonchev–Trinajstić information content (AvgIpc) is 2.67. The maximum Gasteiger partial charge on any atom is 0.178 e. The van der Waals surface area contributed by atoms with E-state index in [9.17, 15) is 0 Å². The van der Waals surface area contributed by atoms with E-state index < -0.39 is 0 Å². The molecule has 0 saturated heterocycles. The second kappa shape index (κ2) is 17.4. The molecule has 0 aliphatic carbocycles. The molecule has 28 heavy (non-hydrogen) atoms. The van der Waals surface area contributed by atoms with Crippen molar-refractivity contribution in [2.45, 2.75) is 79.6 Å². The molecule has 0 amide bonds. The van der Waals surface area contributed by atoms with Crippen LogP contribution in [0, 0.1) is 12.3 Å². The van der Waals surface area contributed by atoms with Gasteiger partial charge in [0, 0.05) is 12.1 Å². The Morgan fingerprint density at radius 3 is 2.32 bits per heavy atom. The fourth-order valence-corrected chi connectivity index (χ4v) is 3.89. The van der Waals surface area contributed by atoms with Gasteiger partial charge in [0.2, 0.25) is 0 Å². The Morgan fingerprint density at radius 2 is 1.75 bits per heavy atom. The Hall–Kier alpha value is -1.66. The number of amidine groups is 1. The second-order valence-electron chi connectivity index (χ2n) is 6.79. The lowest BCUT2D eigenvalue weighted by molar-refractivity contribution is 0.612. The van der Waals surface area contributed by atoms with E-state index >= 15 is 0 Å². The summed E-state index contributed by atoms with van der Waals surface area (Å²) in [7, 11) is 0. The maximum atomic E-state index is 5.75. The highest BCUT2D eigenvalue weighted by molar-refractivity contribution is 8.03. The molecule has 0 fully saturated rings. The molecule has 0 spiro atoms. The van der Waals surface area contributed by atoms with Gasteiger partial charge in [0.1, 0.15) is 0 Å². The van der Waals surface area contributed by atoms with Crippen molar-refractivity contribution in [3.63, 3.8) is 0 Å². The smallest absolute Gasteiger partial charge is 0.178 e. The van der Waals surface area contributed by atoms with Crippen molar-refractivity contribution < 1.29 is 0 Å². The van der Waals surface area contributed by atoms with E-state index in [0.717, 1.165) is 30.2 Å². The molecule has 0 saturated carbocycles. The first-order valence-corrected chi connectivity index (χ1v) is 11.7. The lowest BCUT2D eigenvalue weighted by atomic mass is 10.00. The molecule has 0 aromatic heterocycles. The molecule has 0 heterocycles. The number of nitrogens with one attached hydrogen (secondary N) is 1. The number of hydrogen-bond acceptors (Lipinski definition) is 2. The molecule has 0 aromatic carbocycles. The number of nitrogens with zero attached hydrogens (tertiary/aromatic N) is 1. The molecule has 0 atom stereocenters. The van der Waals surface area contributed by atoms with Gasteiger partial charge in [0.15, 0.2) is 5.84 Å². The van der Waals surface area contributed by atoms with Crippen LogP contribution in [0.3, 0.4) is 0 Å². The summed E-state index contributed by atoms with van der Waals surface area (Å²) in [5, 5.41) is 4.50. The predicted molar refractivity (Wildman–Crippen MR) is 131 cm³/mol. The van der Waals surface area contributed by atoms with Gasteiger partial charge >= 0.3 is 0 Å². The molecule has 0 bridgehead atoms. The zero-order valence-electron chi connectivity index (χ0n) is 18.7. The average molecular weight is 401 g/mol. The minimum absolute atomic E-state index is 0.623. The zero-order chi connectivity index (χ0) is 21.2. The summed E-state index contributed by atoms with van der Waals surface area (Å²) in [5.41, 5.74) is 3.61. The lowest BCUT2D eigenvalue weighted by Gasteiger charge is -2.17. The Labute approximate surface area is 178 Å². The third kappa shape index (κ3) is 11.2. The number of allylic oxidation sites excluding steroid dienone is 6. The van der Waals surface area contributed by atoms with E-state index in [1.165, 1.54) is 48.8 Å². The molecule has 0 aliphatic rings. The predicted octanol–water partition coefficient (Wildman–Crippen LogP) is 7.42. The SMILES string of the molecule is C#CC(=NCCCCCCCC)N/C(SCC)=C(C(/C)=C/C=C)\C(C)=C\CC. The summed E-state index contributed by atoms with van der Waals surface area (Å²) in [4.78, 5) is 4.64. The quantitative estimate of drug-likeness (QED) is 0.108. The number of unbranched alkanes of at least 4 members (excludes halogenated alkanes) is 5. The van der Waals surface area contributed by atoms with Crippen LogP contribution in [0.15, 0.2) is 51.5 Å². The van der Waals surface area contributed by atoms with Crippen LogP contribution in [0.25, 0.3) is 0 Å². The van der Waals surface area contributed by atoms with Crippen LogP contribution in [0.2, 0.25) is 0 Å². The minimum Gasteiger partial charge on any atom is -0.327 e. The molecule has 0 aromatic rings. The van der Waals surface area contributed by atoms with Gasteiger partial charge in [-0.2, -0.15) is 0 Å². The van der Waals surface area contributed by atoms with Gasteiger partial charge in [-0.1, -0.05) is 77.7 Å². The van der Waals surface area contributed by atoms with Gasteiger partial charge < -0.3 is 5.32 Å². The van der Waals surface area contributed by atoms with Crippen LogP contribution in [-0.4, -0.2) is 18.1 Å². The van der Waals surface area contributed by atoms with Gasteiger partial charge in [0.05, 0.1) is 5.03 Å². The number of thioether (sulfide) groups is 1. The van der Waals surface area contributed by atoms with Crippen molar-refractivity contribution in [3.8, 4) is 12.3 Å². The second-order valence-corrected chi connectivity index (χ2v) is 8.06. The Kier molecular flexibility index (Phi) is 16.4. The summed E-state index contributed by atoms with van der Waals surface area (Å²) in [6.45, 7) is 15.4. The molecule has 0 radical (unpaired) electrons. The molecule has 0 aliphatic heterocycles. The zero-order valence-corrected chi connectivity index (χ0v) is 19.6. The Balaban J connectivity index is 5.42. The van der Waals surface area contributed by atoms with Gasteiger partial charge in [-0.05, 0) is 49.5 Å². The van der Waals surface area contributed by atoms with Crippen LogP contribution in [0.4, 0.5) is 0 Å². The van der Waals surface area contributed by atoms with E-state index in [0.29, 0.717) is 5.84 Å². The van der Waals surface area contributed by atoms with Gasteiger partial charge in [0.25, 0.3) is 0 Å². The summed E-state index contributed by atoms with van der Waals surface area (Å²) < 4.78 is 0. The summed E-state index contributed by atoms with van der Waals surface area (Å²) in [5.74, 6) is 4.31. The fraction of sp³-hybridized carbons (Fsp3) is 0.560. The summed E-state index contributed by atoms with van der Waals surface area (Å²) in [6.07, 6.45) is 20.4. The topological polar surface area (TPSA) is 24.4 Å². The molecule has 1 N–H and O–H groups in total.